The van der Waals surface area contributed by atoms with Crippen LogP contribution in [-0.4, -0.2) is 39.9 Å². The molecule has 0 radical (unpaired) electrons. The summed E-state index contributed by atoms with van der Waals surface area (Å²) in [7, 11) is 0. The maximum atomic E-state index is 11.8. The lowest BCUT2D eigenvalue weighted by Crippen LogP contribution is -2.39. The number of nitrogens with two attached hydrogens (primary N) is 1. The predicted molar refractivity (Wildman–Crippen MR) is 119 cm³/mol. The van der Waals surface area contributed by atoms with Crippen molar-refractivity contribution in [1.29, 1.82) is 0 Å². The Morgan fingerprint density at radius 3 is 2.37 bits per heavy atom. The summed E-state index contributed by atoms with van der Waals surface area (Å²) in [6.45, 7) is 3.00. The van der Waals surface area contributed by atoms with Crippen LogP contribution in [0.3, 0.4) is 0 Å². The Balaban J connectivity index is 1.39. The van der Waals surface area contributed by atoms with Gasteiger partial charge in [0.05, 0.1) is 0 Å². The number of para-hydroxylation sites is 1. The van der Waals surface area contributed by atoms with Crippen LogP contribution >= 0.6 is 0 Å². The van der Waals surface area contributed by atoms with Gasteiger partial charge in [-0.05, 0) is 30.5 Å². The summed E-state index contributed by atoms with van der Waals surface area (Å²) in [4.78, 5) is 23.1. The van der Waals surface area contributed by atoms with Gasteiger partial charge in [0.15, 0.2) is 0 Å². The van der Waals surface area contributed by atoms with Crippen LogP contribution in [0.25, 0.3) is 0 Å². The number of carbonyl (C=O) groups excluding carboxylic acids is 1. The molecule has 0 saturated carbocycles. The minimum Gasteiger partial charge on any atom is -0.365 e. The van der Waals surface area contributed by atoms with E-state index in [1.807, 2.05) is 36.4 Å². The lowest BCUT2D eigenvalue weighted by molar-refractivity contribution is 0.100. The second-order valence-electron chi connectivity index (χ2n) is 7.49. The largest absolute Gasteiger partial charge is 0.365 e. The summed E-state index contributed by atoms with van der Waals surface area (Å²) in [5, 5.41) is 6.58. The van der Waals surface area contributed by atoms with Crippen molar-refractivity contribution in [1.82, 2.24) is 14.9 Å². The first kappa shape index (κ1) is 19.8. The molecule has 7 heteroatoms. The zero-order chi connectivity index (χ0) is 20.8. The van der Waals surface area contributed by atoms with Crippen molar-refractivity contribution in [3.8, 4) is 0 Å². The molecule has 4 rings (SSSR count). The molecule has 3 aromatic rings. The number of likely N-dealkylation sites (tertiary alicyclic amines) is 1. The second kappa shape index (κ2) is 9.37. The van der Waals surface area contributed by atoms with E-state index < -0.39 is 5.91 Å². The van der Waals surface area contributed by atoms with E-state index >= 15 is 0 Å². The molecule has 1 fully saturated rings. The Morgan fingerprint density at radius 1 is 1.03 bits per heavy atom. The molecule has 1 aliphatic heterocycles. The number of nitrogens with zero attached hydrogens (tertiary/aromatic N) is 3. The van der Waals surface area contributed by atoms with Gasteiger partial charge in [0.1, 0.15) is 11.4 Å². The van der Waals surface area contributed by atoms with E-state index in [2.05, 4.69) is 49.8 Å². The maximum absolute atomic E-state index is 11.8. The number of carbonyl (C=O) groups is 1. The Bertz CT molecular complexity index is 971. The molecule has 1 aromatic heterocycles. The van der Waals surface area contributed by atoms with Gasteiger partial charge in [0.2, 0.25) is 5.95 Å². The van der Waals surface area contributed by atoms with E-state index in [-0.39, 0.29) is 5.56 Å². The van der Waals surface area contributed by atoms with Crippen molar-refractivity contribution in [2.45, 2.75) is 25.4 Å². The van der Waals surface area contributed by atoms with Gasteiger partial charge < -0.3 is 16.4 Å². The Labute approximate surface area is 176 Å². The Kier molecular flexibility index (Phi) is 6.20. The fourth-order valence-corrected chi connectivity index (χ4v) is 3.64. The van der Waals surface area contributed by atoms with E-state index in [0.717, 1.165) is 38.2 Å². The molecule has 1 aliphatic rings. The highest BCUT2D eigenvalue weighted by Gasteiger charge is 2.21. The number of amides is 1. The average Bonchev–Trinajstić information content (AvgIpc) is 2.77. The van der Waals surface area contributed by atoms with Gasteiger partial charge >= 0.3 is 0 Å². The van der Waals surface area contributed by atoms with Gasteiger partial charge in [-0.15, -0.1) is 0 Å². The summed E-state index contributed by atoms with van der Waals surface area (Å²) >= 11 is 0. The van der Waals surface area contributed by atoms with Gasteiger partial charge in [-0.25, -0.2) is 4.98 Å². The standard InChI is InChI=1S/C23H26N6O/c24-21(30)20-15-25-23(28-22(20)26-18-9-5-2-6-10-18)27-19-11-13-29(14-12-19)16-17-7-3-1-4-8-17/h1-10,15,19H,11-14,16H2,(H2,24,30)(H2,25,26,27,28). The zero-order valence-corrected chi connectivity index (χ0v) is 16.8. The quantitative estimate of drug-likeness (QED) is 0.561. The van der Waals surface area contributed by atoms with Crippen LogP contribution in [0.1, 0.15) is 28.8 Å². The molecule has 0 unspecified atom stereocenters. The molecule has 7 nitrogen and oxygen atoms in total. The third-order valence-corrected chi connectivity index (χ3v) is 5.26. The molecule has 0 aliphatic carbocycles. The molecule has 2 heterocycles. The van der Waals surface area contributed by atoms with Gasteiger partial charge in [-0.3, -0.25) is 9.69 Å². The summed E-state index contributed by atoms with van der Waals surface area (Å²) in [5.41, 5.74) is 7.93. The molecular formula is C23H26N6O. The number of benzene rings is 2. The van der Waals surface area contributed by atoms with E-state index in [1.165, 1.54) is 11.8 Å². The van der Waals surface area contributed by atoms with Crippen LogP contribution in [-0.2, 0) is 6.54 Å². The smallest absolute Gasteiger partial charge is 0.254 e. The minimum atomic E-state index is -0.561. The summed E-state index contributed by atoms with van der Waals surface area (Å²) in [5.74, 6) is 0.349. The van der Waals surface area contributed by atoms with Gasteiger partial charge in [-0.1, -0.05) is 48.5 Å². The van der Waals surface area contributed by atoms with E-state index in [9.17, 15) is 4.79 Å². The lowest BCUT2D eigenvalue weighted by atomic mass is 10.0. The molecular weight excluding hydrogens is 376 g/mol. The molecule has 154 valence electrons. The first-order chi connectivity index (χ1) is 14.7. The Morgan fingerprint density at radius 2 is 1.70 bits per heavy atom. The van der Waals surface area contributed by atoms with E-state index in [0.29, 0.717) is 17.8 Å². The fourth-order valence-electron chi connectivity index (χ4n) is 3.64. The number of aromatic nitrogens is 2. The van der Waals surface area contributed by atoms with Crippen LogP contribution in [0.4, 0.5) is 17.5 Å². The molecule has 0 bridgehead atoms. The summed E-state index contributed by atoms with van der Waals surface area (Å²) in [6, 6.07) is 20.4. The number of rotatable bonds is 7. The number of nitrogens with one attached hydrogen (secondary N) is 2. The van der Waals surface area contributed by atoms with Crippen molar-refractivity contribution in [3.63, 3.8) is 0 Å². The molecule has 4 N–H and O–H groups in total. The first-order valence-electron chi connectivity index (χ1n) is 10.2. The third kappa shape index (κ3) is 5.12. The van der Waals surface area contributed by atoms with Crippen molar-refractivity contribution in [2.75, 3.05) is 23.7 Å². The van der Waals surface area contributed by atoms with Crippen molar-refractivity contribution in [3.05, 3.63) is 78.0 Å². The molecule has 1 amide bonds. The minimum absolute atomic E-state index is 0.266. The predicted octanol–water partition coefficient (Wildman–Crippen LogP) is 3.40. The number of primary amides is 1. The number of hydrogen-bond acceptors (Lipinski definition) is 6. The fraction of sp³-hybridized carbons (Fsp3) is 0.261. The van der Waals surface area contributed by atoms with Crippen LogP contribution in [0, 0.1) is 0 Å². The zero-order valence-electron chi connectivity index (χ0n) is 16.8. The van der Waals surface area contributed by atoms with E-state index in [1.54, 1.807) is 0 Å². The molecule has 0 atom stereocenters. The van der Waals surface area contributed by atoms with Gasteiger partial charge in [0, 0.05) is 37.6 Å². The molecule has 1 saturated heterocycles. The second-order valence-corrected chi connectivity index (χ2v) is 7.49. The highest BCUT2D eigenvalue weighted by atomic mass is 16.1. The van der Waals surface area contributed by atoms with Crippen LogP contribution in [0.15, 0.2) is 66.9 Å². The number of anilines is 3. The SMILES string of the molecule is NC(=O)c1cnc(NC2CCN(Cc3ccccc3)CC2)nc1Nc1ccccc1. The normalized spacial score (nSPS) is 14.9. The summed E-state index contributed by atoms with van der Waals surface area (Å²) < 4.78 is 0. The average molecular weight is 403 g/mol. The van der Waals surface area contributed by atoms with Crippen molar-refractivity contribution >= 4 is 23.4 Å². The van der Waals surface area contributed by atoms with Crippen molar-refractivity contribution in [2.24, 2.45) is 5.73 Å². The lowest BCUT2D eigenvalue weighted by Gasteiger charge is -2.32. The Hall–Kier alpha value is -3.45. The van der Waals surface area contributed by atoms with Crippen molar-refractivity contribution < 1.29 is 4.79 Å². The van der Waals surface area contributed by atoms with E-state index in [4.69, 9.17) is 5.73 Å². The van der Waals surface area contributed by atoms with Crippen LogP contribution < -0.4 is 16.4 Å². The number of piperidine rings is 1. The third-order valence-electron chi connectivity index (χ3n) is 5.26. The number of hydrogen-bond donors (Lipinski definition) is 3. The monoisotopic (exact) mass is 402 g/mol. The molecule has 2 aromatic carbocycles. The van der Waals surface area contributed by atoms with Gasteiger partial charge in [-0.2, -0.15) is 4.98 Å². The topological polar surface area (TPSA) is 96.2 Å². The summed E-state index contributed by atoms with van der Waals surface area (Å²) in [6.07, 6.45) is 3.50. The van der Waals surface area contributed by atoms with Crippen LogP contribution in [0.2, 0.25) is 0 Å². The molecule has 0 spiro atoms. The van der Waals surface area contributed by atoms with Crippen LogP contribution in [0.5, 0.6) is 0 Å². The maximum Gasteiger partial charge on any atom is 0.254 e. The van der Waals surface area contributed by atoms with Gasteiger partial charge in [0.25, 0.3) is 5.91 Å². The highest BCUT2D eigenvalue weighted by Crippen LogP contribution is 2.21. The molecule has 30 heavy (non-hydrogen) atoms. The first-order valence-corrected chi connectivity index (χ1v) is 10.2. The highest BCUT2D eigenvalue weighted by molar-refractivity contribution is 5.98.